The molecule has 1 aliphatic heterocycles. The number of hydrogen-bond donors (Lipinski definition) is 2. The van der Waals surface area contributed by atoms with Crippen molar-refractivity contribution in [1.29, 1.82) is 0 Å². The van der Waals surface area contributed by atoms with Crippen LogP contribution in [-0.2, 0) is 9.59 Å². The zero-order chi connectivity index (χ0) is 19.9. The minimum Gasteiger partial charge on any atom is -0.480 e. The Morgan fingerprint density at radius 3 is 2.56 bits per heavy atom. The van der Waals surface area contributed by atoms with E-state index in [0.717, 1.165) is 17.1 Å². The molecule has 0 atom stereocenters. The zero-order valence-electron chi connectivity index (χ0n) is 14.4. The number of carbonyl (C=O) groups is 3. The molecule has 7 nitrogen and oxygen atoms in total. The summed E-state index contributed by atoms with van der Waals surface area (Å²) in [6.07, 6.45) is 1.52. The Bertz CT molecular complexity index is 1010. The van der Waals surface area contributed by atoms with E-state index in [9.17, 15) is 14.4 Å². The Labute approximate surface area is 164 Å². The van der Waals surface area contributed by atoms with Crippen LogP contribution < -0.4 is 5.32 Å². The number of carbonyl (C=O) groups excluding carboxylic acids is 2. The second-order valence-electron chi connectivity index (χ2n) is 6.03. The molecule has 0 bridgehead atoms. The van der Waals surface area contributed by atoms with Crippen LogP contribution in [0.15, 0.2) is 30.0 Å². The number of aromatic nitrogens is 1. The standard InChI is InChI=1S/C18H15Cl2N3O4/c1-9-5-11(6-14-17(26)22(8-16(24)25)18(27)21-14)10(2)23(9)15-4-3-12(19)7-13(15)20/h3-7H,8H2,1-2H3,(H,21,27)(H,24,25)/b14-6+. The van der Waals surface area contributed by atoms with Gasteiger partial charge in [0, 0.05) is 16.4 Å². The number of imide groups is 1. The summed E-state index contributed by atoms with van der Waals surface area (Å²) in [6, 6.07) is 6.23. The third kappa shape index (κ3) is 3.56. The van der Waals surface area contributed by atoms with Crippen LogP contribution in [0.3, 0.4) is 0 Å². The molecule has 3 rings (SSSR count). The highest BCUT2D eigenvalue weighted by molar-refractivity contribution is 6.35. The number of rotatable bonds is 4. The number of carboxylic acid groups (broad SMARTS) is 1. The highest BCUT2D eigenvalue weighted by atomic mass is 35.5. The Balaban J connectivity index is 2.00. The number of halogens is 2. The third-order valence-corrected chi connectivity index (χ3v) is 4.71. The average molecular weight is 408 g/mol. The molecular formula is C18H15Cl2N3O4. The molecule has 27 heavy (non-hydrogen) atoms. The third-order valence-electron chi connectivity index (χ3n) is 4.18. The van der Waals surface area contributed by atoms with Gasteiger partial charge in [-0.1, -0.05) is 23.2 Å². The molecule has 1 aromatic carbocycles. The van der Waals surface area contributed by atoms with E-state index >= 15 is 0 Å². The van der Waals surface area contributed by atoms with E-state index in [2.05, 4.69) is 5.32 Å². The van der Waals surface area contributed by atoms with Crippen LogP contribution in [0, 0.1) is 13.8 Å². The highest BCUT2D eigenvalue weighted by Gasteiger charge is 2.35. The molecule has 2 aromatic rings. The van der Waals surface area contributed by atoms with Crippen LogP contribution >= 0.6 is 23.2 Å². The summed E-state index contributed by atoms with van der Waals surface area (Å²) in [5.74, 6) is -1.95. The fourth-order valence-electron chi connectivity index (χ4n) is 2.97. The number of amides is 3. The summed E-state index contributed by atoms with van der Waals surface area (Å²) >= 11 is 12.3. The molecular weight excluding hydrogens is 393 g/mol. The summed E-state index contributed by atoms with van der Waals surface area (Å²) in [6.45, 7) is 3.04. The van der Waals surface area contributed by atoms with Gasteiger partial charge in [0.25, 0.3) is 5.91 Å². The summed E-state index contributed by atoms with van der Waals surface area (Å²) in [5.41, 5.74) is 3.10. The zero-order valence-corrected chi connectivity index (χ0v) is 15.9. The van der Waals surface area contributed by atoms with Crippen molar-refractivity contribution in [2.45, 2.75) is 13.8 Å². The van der Waals surface area contributed by atoms with Crippen LogP contribution in [-0.4, -0.2) is 39.0 Å². The molecule has 140 valence electrons. The van der Waals surface area contributed by atoms with Crippen molar-refractivity contribution in [3.8, 4) is 5.69 Å². The normalized spacial score (nSPS) is 15.6. The van der Waals surface area contributed by atoms with Gasteiger partial charge in [-0.3, -0.25) is 9.59 Å². The van der Waals surface area contributed by atoms with Crippen LogP contribution in [0.4, 0.5) is 4.79 Å². The monoisotopic (exact) mass is 407 g/mol. The van der Waals surface area contributed by atoms with Crippen molar-refractivity contribution in [2.75, 3.05) is 6.54 Å². The van der Waals surface area contributed by atoms with Crippen molar-refractivity contribution in [2.24, 2.45) is 0 Å². The Morgan fingerprint density at radius 1 is 1.22 bits per heavy atom. The van der Waals surface area contributed by atoms with Crippen LogP contribution in [0.1, 0.15) is 17.0 Å². The maximum absolute atomic E-state index is 12.3. The minimum absolute atomic E-state index is 0.0173. The number of hydrogen-bond acceptors (Lipinski definition) is 3. The van der Waals surface area contributed by atoms with Crippen LogP contribution in [0.2, 0.25) is 10.0 Å². The molecule has 9 heteroatoms. The van der Waals surface area contributed by atoms with Crippen molar-refractivity contribution in [3.63, 3.8) is 0 Å². The summed E-state index contributed by atoms with van der Waals surface area (Å²) < 4.78 is 1.90. The van der Waals surface area contributed by atoms with E-state index in [0.29, 0.717) is 20.5 Å². The van der Waals surface area contributed by atoms with Gasteiger partial charge < -0.3 is 15.0 Å². The molecule has 1 saturated heterocycles. The van der Waals surface area contributed by atoms with Crippen molar-refractivity contribution in [3.05, 3.63) is 57.0 Å². The molecule has 0 spiro atoms. The van der Waals surface area contributed by atoms with E-state index in [-0.39, 0.29) is 5.70 Å². The summed E-state index contributed by atoms with van der Waals surface area (Å²) in [7, 11) is 0. The lowest BCUT2D eigenvalue weighted by Gasteiger charge is -2.12. The topological polar surface area (TPSA) is 91.6 Å². The number of aryl methyl sites for hydroxylation is 1. The van der Waals surface area contributed by atoms with Gasteiger partial charge in [-0.2, -0.15) is 0 Å². The highest BCUT2D eigenvalue weighted by Crippen LogP contribution is 2.29. The van der Waals surface area contributed by atoms with Crippen LogP contribution in [0.25, 0.3) is 11.8 Å². The van der Waals surface area contributed by atoms with Gasteiger partial charge in [0.1, 0.15) is 12.2 Å². The summed E-state index contributed by atoms with van der Waals surface area (Å²) in [4.78, 5) is 35.6. The van der Waals surface area contributed by atoms with Gasteiger partial charge in [-0.25, -0.2) is 9.69 Å². The molecule has 2 heterocycles. The lowest BCUT2D eigenvalue weighted by Crippen LogP contribution is -2.35. The van der Waals surface area contributed by atoms with Crippen molar-refractivity contribution in [1.82, 2.24) is 14.8 Å². The molecule has 0 aliphatic carbocycles. The van der Waals surface area contributed by atoms with E-state index in [4.69, 9.17) is 28.3 Å². The lowest BCUT2D eigenvalue weighted by atomic mass is 10.2. The first-order valence-electron chi connectivity index (χ1n) is 7.89. The predicted octanol–water partition coefficient (Wildman–Crippen LogP) is 3.38. The first-order chi connectivity index (χ1) is 12.7. The molecule has 2 N–H and O–H groups in total. The average Bonchev–Trinajstić information content (AvgIpc) is 2.99. The summed E-state index contributed by atoms with van der Waals surface area (Å²) in [5, 5.41) is 12.2. The number of carboxylic acids is 1. The largest absolute Gasteiger partial charge is 0.480 e. The SMILES string of the molecule is Cc1cc(/C=C2/NC(=O)N(CC(=O)O)C2=O)c(C)n1-c1ccc(Cl)cc1Cl. The van der Waals surface area contributed by atoms with E-state index in [1.807, 2.05) is 24.5 Å². The number of aliphatic carboxylic acids is 1. The Kier molecular flexibility index (Phi) is 4.99. The molecule has 1 fully saturated rings. The smallest absolute Gasteiger partial charge is 0.329 e. The van der Waals surface area contributed by atoms with Gasteiger partial charge in [-0.05, 0) is 49.8 Å². The maximum atomic E-state index is 12.3. The molecule has 1 aliphatic rings. The quantitative estimate of drug-likeness (QED) is 0.600. The first-order valence-corrected chi connectivity index (χ1v) is 8.65. The molecule has 0 radical (unpaired) electrons. The first kappa shape index (κ1) is 19.0. The number of urea groups is 1. The minimum atomic E-state index is -1.27. The van der Waals surface area contributed by atoms with Gasteiger partial charge in [0.15, 0.2) is 0 Å². The van der Waals surface area contributed by atoms with Crippen molar-refractivity contribution < 1.29 is 19.5 Å². The number of benzene rings is 1. The van der Waals surface area contributed by atoms with Gasteiger partial charge in [0.05, 0.1) is 10.7 Å². The second-order valence-corrected chi connectivity index (χ2v) is 6.87. The fourth-order valence-corrected chi connectivity index (χ4v) is 3.47. The number of nitrogens with zero attached hydrogens (tertiary/aromatic N) is 2. The Morgan fingerprint density at radius 2 is 1.93 bits per heavy atom. The maximum Gasteiger partial charge on any atom is 0.329 e. The van der Waals surface area contributed by atoms with Gasteiger partial charge in [-0.15, -0.1) is 0 Å². The van der Waals surface area contributed by atoms with Crippen LogP contribution in [0.5, 0.6) is 0 Å². The molecule has 1 aromatic heterocycles. The van der Waals surface area contributed by atoms with Gasteiger partial charge in [0.2, 0.25) is 0 Å². The Hall–Kier alpha value is -2.77. The molecule has 0 unspecified atom stereocenters. The second kappa shape index (κ2) is 7.09. The van der Waals surface area contributed by atoms with E-state index < -0.39 is 24.5 Å². The van der Waals surface area contributed by atoms with E-state index in [1.165, 1.54) is 6.08 Å². The lowest BCUT2D eigenvalue weighted by molar-refractivity contribution is -0.140. The number of nitrogens with one attached hydrogen (secondary N) is 1. The van der Waals surface area contributed by atoms with E-state index in [1.54, 1.807) is 18.2 Å². The fraction of sp³-hybridized carbons (Fsp3) is 0.167. The van der Waals surface area contributed by atoms with Crippen molar-refractivity contribution >= 4 is 47.2 Å². The van der Waals surface area contributed by atoms with Gasteiger partial charge >= 0.3 is 12.0 Å². The molecule has 0 saturated carbocycles. The molecule has 3 amide bonds. The predicted molar refractivity (Wildman–Crippen MR) is 101 cm³/mol.